The quantitative estimate of drug-likeness (QED) is 0.345. The summed E-state index contributed by atoms with van der Waals surface area (Å²) in [6.07, 6.45) is 4.56. The van der Waals surface area contributed by atoms with E-state index in [0.717, 1.165) is 24.8 Å². The highest BCUT2D eigenvalue weighted by Crippen LogP contribution is 2.85. The second-order valence-corrected chi connectivity index (χ2v) is 16.0. The highest BCUT2D eigenvalue weighted by atomic mass is 19.4. The molecule has 224 valence electrons. The topological polar surface area (TPSA) is 96.8 Å². The molecule has 0 N–H and O–H groups in total. The SMILES string of the molecule is CC1(C)CC[C@]2(c3nc(C(F)(F)F)no3)CC[C@]3(C)[C@H](C(=O)C=C4[C@@]5(C)C=C(C#N)C(=O)C6(C)C[C@]65CC[C@]43C)[C@@H]2C1. The van der Waals surface area contributed by atoms with E-state index in [2.05, 4.69) is 50.8 Å². The predicted octanol–water partition coefficient (Wildman–Crippen LogP) is 7.31. The molecule has 1 aromatic rings. The summed E-state index contributed by atoms with van der Waals surface area (Å²) in [6, 6.07) is 2.15. The Morgan fingerprint density at radius 3 is 2.31 bits per heavy atom. The Morgan fingerprint density at radius 2 is 1.67 bits per heavy atom. The van der Waals surface area contributed by atoms with Crippen LogP contribution in [0.15, 0.2) is 27.8 Å². The summed E-state index contributed by atoms with van der Waals surface area (Å²) in [5.74, 6) is -2.01. The number of carbonyl (C=O) groups is 2. The molecule has 6 aliphatic carbocycles. The molecule has 6 nitrogen and oxygen atoms in total. The Bertz CT molecular complexity index is 1570. The number of nitrogens with zero attached hydrogens (tertiary/aromatic N) is 3. The van der Waals surface area contributed by atoms with E-state index < -0.39 is 45.0 Å². The largest absolute Gasteiger partial charge is 0.455 e. The molecular weight excluding hydrogens is 543 g/mol. The van der Waals surface area contributed by atoms with Crippen molar-refractivity contribution in [3.63, 3.8) is 0 Å². The molecular formula is C33H38F3N3O3. The zero-order valence-corrected chi connectivity index (χ0v) is 25.2. The molecule has 1 unspecified atom stereocenters. The van der Waals surface area contributed by atoms with Crippen molar-refractivity contribution in [1.82, 2.24) is 10.1 Å². The molecule has 1 spiro atoms. The van der Waals surface area contributed by atoms with Crippen LogP contribution >= 0.6 is 0 Å². The van der Waals surface area contributed by atoms with Crippen molar-refractivity contribution in [3.8, 4) is 6.07 Å². The van der Waals surface area contributed by atoms with Crippen LogP contribution in [0, 0.1) is 55.7 Å². The van der Waals surface area contributed by atoms with Gasteiger partial charge in [-0.15, -0.1) is 0 Å². The predicted molar refractivity (Wildman–Crippen MR) is 145 cm³/mol. The van der Waals surface area contributed by atoms with Gasteiger partial charge >= 0.3 is 6.18 Å². The van der Waals surface area contributed by atoms with Crippen LogP contribution in [0.3, 0.4) is 0 Å². The van der Waals surface area contributed by atoms with Gasteiger partial charge in [0.15, 0.2) is 11.6 Å². The highest BCUT2D eigenvalue weighted by molar-refractivity contribution is 6.07. The number of hydrogen-bond acceptors (Lipinski definition) is 6. The van der Waals surface area contributed by atoms with Crippen molar-refractivity contribution < 1.29 is 27.3 Å². The number of allylic oxidation sites excluding steroid dienone is 4. The maximum atomic E-state index is 14.6. The van der Waals surface area contributed by atoms with Crippen LogP contribution in [-0.2, 0) is 21.2 Å². The van der Waals surface area contributed by atoms with E-state index in [0.29, 0.717) is 32.1 Å². The highest BCUT2D eigenvalue weighted by Gasteiger charge is 2.81. The first kappa shape index (κ1) is 28.0. The van der Waals surface area contributed by atoms with E-state index in [1.54, 1.807) is 0 Å². The van der Waals surface area contributed by atoms with Gasteiger partial charge in [-0.05, 0) is 90.6 Å². The lowest BCUT2D eigenvalue weighted by molar-refractivity contribution is -0.160. The van der Waals surface area contributed by atoms with Crippen LogP contribution in [0.5, 0.6) is 0 Å². The maximum absolute atomic E-state index is 14.6. The molecule has 0 aromatic carbocycles. The zero-order chi connectivity index (χ0) is 30.5. The van der Waals surface area contributed by atoms with Crippen molar-refractivity contribution in [2.24, 2.45) is 44.3 Å². The number of hydrogen-bond donors (Lipinski definition) is 0. The van der Waals surface area contributed by atoms with Gasteiger partial charge in [0, 0.05) is 16.7 Å². The minimum absolute atomic E-state index is 0.00301. The van der Waals surface area contributed by atoms with Gasteiger partial charge in [-0.25, -0.2) is 0 Å². The molecule has 6 aliphatic rings. The van der Waals surface area contributed by atoms with Gasteiger partial charge < -0.3 is 4.52 Å². The second kappa shape index (κ2) is 7.65. The Morgan fingerprint density at radius 1 is 0.976 bits per heavy atom. The number of alkyl halides is 3. The average molecular weight is 582 g/mol. The van der Waals surface area contributed by atoms with E-state index in [9.17, 15) is 28.0 Å². The molecule has 1 aromatic heterocycles. The molecule has 0 bridgehead atoms. The van der Waals surface area contributed by atoms with Crippen molar-refractivity contribution in [3.05, 3.63) is 35.0 Å². The number of nitriles is 1. The summed E-state index contributed by atoms with van der Waals surface area (Å²) < 4.78 is 46.1. The minimum atomic E-state index is -4.71. The van der Waals surface area contributed by atoms with Crippen molar-refractivity contribution in [1.29, 1.82) is 5.26 Å². The standard InChI is InChI=1S/C33H38F3N3O3/c1-26(2)7-10-31(25-38-24(39-42-25)33(34,35)36)11-8-28(4)22(19(31)15-26)20(40)13-21-27(28,3)9-12-32-17-30(32,6)23(41)18(16-37)14-29(21,32)5/h13-14,19,22H,7-12,15,17H2,1-6H3/t19-,22-,27+,28+,29+,30?,31-,32-/m0/s1. The Kier molecular flexibility index (Phi) is 5.11. The van der Waals surface area contributed by atoms with Gasteiger partial charge in [-0.2, -0.15) is 23.4 Å². The summed E-state index contributed by atoms with van der Waals surface area (Å²) in [4.78, 5) is 31.8. The first-order chi connectivity index (χ1) is 19.3. The van der Waals surface area contributed by atoms with E-state index in [-0.39, 0.29) is 39.8 Å². The first-order valence-electron chi connectivity index (χ1n) is 15.2. The van der Waals surface area contributed by atoms with Gasteiger partial charge in [-0.1, -0.05) is 52.8 Å². The smallest absolute Gasteiger partial charge is 0.338 e. The number of rotatable bonds is 1. The third kappa shape index (κ3) is 2.97. The molecule has 4 saturated carbocycles. The third-order valence-electron chi connectivity index (χ3n) is 14.0. The van der Waals surface area contributed by atoms with E-state index in [1.165, 1.54) is 0 Å². The Labute approximate surface area is 244 Å². The van der Waals surface area contributed by atoms with Crippen LogP contribution in [0.4, 0.5) is 13.2 Å². The lowest BCUT2D eigenvalue weighted by atomic mass is 9.34. The molecule has 0 radical (unpaired) electrons. The van der Waals surface area contributed by atoms with Crippen LogP contribution < -0.4 is 0 Å². The molecule has 0 saturated heterocycles. The molecule has 42 heavy (non-hydrogen) atoms. The summed E-state index contributed by atoms with van der Waals surface area (Å²) in [6.45, 7) is 12.9. The molecule has 0 aliphatic heterocycles. The molecule has 8 atom stereocenters. The summed E-state index contributed by atoms with van der Waals surface area (Å²) in [7, 11) is 0. The van der Waals surface area contributed by atoms with E-state index in [4.69, 9.17) is 4.52 Å². The van der Waals surface area contributed by atoms with Crippen molar-refractivity contribution in [2.75, 3.05) is 0 Å². The first-order valence-corrected chi connectivity index (χ1v) is 15.2. The number of halogens is 3. The lowest BCUT2D eigenvalue weighted by Crippen LogP contribution is -2.65. The number of aromatic nitrogens is 2. The van der Waals surface area contributed by atoms with Gasteiger partial charge in [0.05, 0.1) is 11.0 Å². The van der Waals surface area contributed by atoms with Crippen LogP contribution in [0.2, 0.25) is 0 Å². The van der Waals surface area contributed by atoms with Crippen molar-refractivity contribution >= 4 is 11.6 Å². The van der Waals surface area contributed by atoms with E-state index >= 15 is 0 Å². The van der Waals surface area contributed by atoms with Gasteiger partial charge in [0.1, 0.15) is 6.07 Å². The zero-order valence-electron chi connectivity index (χ0n) is 25.2. The molecule has 7 rings (SSSR count). The van der Waals surface area contributed by atoms with Crippen LogP contribution in [0.1, 0.15) is 105 Å². The monoisotopic (exact) mass is 581 g/mol. The molecule has 9 heteroatoms. The number of Topliss-reactive ketones (excluding diaryl/α,β-unsaturated/α-hetero) is 1. The number of fused-ring (bicyclic) bond motifs is 6. The normalized spacial score (nSPS) is 47.0. The second-order valence-electron chi connectivity index (χ2n) is 16.0. The van der Waals surface area contributed by atoms with Crippen LogP contribution in [0.25, 0.3) is 0 Å². The molecule has 0 amide bonds. The fourth-order valence-corrected chi connectivity index (χ4v) is 11.3. The van der Waals surface area contributed by atoms with Crippen molar-refractivity contribution in [2.45, 2.75) is 105 Å². The number of ketones is 2. The lowest BCUT2D eigenvalue weighted by Gasteiger charge is -2.68. The Balaban J connectivity index is 1.39. The summed E-state index contributed by atoms with van der Waals surface area (Å²) in [5.41, 5.74) is -2.08. The Hall–Kier alpha value is -2.76. The molecule has 1 heterocycles. The average Bonchev–Trinajstić information content (AvgIpc) is 3.25. The van der Waals surface area contributed by atoms with Gasteiger partial charge in [0.25, 0.3) is 5.82 Å². The maximum Gasteiger partial charge on any atom is 0.455 e. The summed E-state index contributed by atoms with van der Waals surface area (Å²) >= 11 is 0. The van der Waals surface area contributed by atoms with Gasteiger partial charge in [-0.3, -0.25) is 9.59 Å². The fraction of sp³-hybridized carbons (Fsp3) is 0.727. The third-order valence-corrected chi connectivity index (χ3v) is 14.0. The van der Waals surface area contributed by atoms with E-state index in [1.807, 2.05) is 19.1 Å². The molecule has 4 fully saturated rings. The minimum Gasteiger partial charge on any atom is -0.338 e. The fourth-order valence-electron chi connectivity index (χ4n) is 11.3. The number of carbonyl (C=O) groups excluding carboxylic acids is 2. The van der Waals surface area contributed by atoms with Gasteiger partial charge in [0.2, 0.25) is 5.89 Å². The summed E-state index contributed by atoms with van der Waals surface area (Å²) in [5, 5.41) is 13.2. The van der Waals surface area contributed by atoms with Crippen LogP contribution in [-0.4, -0.2) is 21.7 Å².